The Labute approximate surface area is 150 Å². The number of carbonyl (C=O) groups is 1. The molecule has 0 aliphatic rings. The molecule has 1 heterocycles. The Bertz CT molecular complexity index is 922. The third-order valence-corrected chi connectivity index (χ3v) is 3.88. The monoisotopic (exact) mass is 351 g/mol. The maximum absolute atomic E-state index is 11.3. The van der Waals surface area contributed by atoms with E-state index >= 15 is 0 Å². The van der Waals surface area contributed by atoms with Crippen LogP contribution in [0.2, 0.25) is 0 Å². The average molecular weight is 351 g/mol. The molecular formula is C20H17NO5. The summed E-state index contributed by atoms with van der Waals surface area (Å²) in [6, 6.07) is 15.6. The second-order valence-electron chi connectivity index (χ2n) is 5.64. The summed E-state index contributed by atoms with van der Waals surface area (Å²) in [4.78, 5) is 15.2. The number of aliphatic hydroxyl groups is 1. The molecule has 0 fully saturated rings. The van der Waals surface area contributed by atoms with Crippen molar-refractivity contribution in [2.45, 2.75) is 13.2 Å². The number of hydrogen-bond donors (Lipinski definition) is 3. The Morgan fingerprint density at radius 1 is 1.08 bits per heavy atom. The summed E-state index contributed by atoms with van der Waals surface area (Å²) in [5, 5.41) is 28.1. The number of carboxylic acid groups (broad SMARTS) is 1. The SMILES string of the molecule is O=C(O)c1ccccc1-c1ccc(COc2cc(CO)ncc2O)cc1. The molecule has 0 saturated heterocycles. The van der Waals surface area contributed by atoms with Gasteiger partial charge in [0.1, 0.15) is 6.61 Å². The average Bonchev–Trinajstić information content (AvgIpc) is 2.68. The highest BCUT2D eigenvalue weighted by Gasteiger charge is 2.11. The lowest BCUT2D eigenvalue weighted by molar-refractivity contribution is 0.0697. The van der Waals surface area contributed by atoms with Gasteiger partial charge in [0.2, 0.25) is 0 Å². The van der Waals surface area contributed by atoms with Crippen LogP contribution in [-0.4, -0.2) is 26.3 Å². The van der Waals surface area contributed by atoms with Crippen LogP contribution in [-0.2, 0) is 13.2 Å². The number of nitrogens with zero attached hydrogens (tertiary/aromatic N) is 1. The van der Waals surface area contributed by atoms with Gasteiger partial charge in [-0.25, -0.2) is 4.79 Å². The number of carboxylic acids is 1. The van der Waals surface area contributed by atoms with Crippen molar-refractivity contribution in [2.75, 3.05) is 0 Å². The first-order valence-corrected chi connectivity index (χ1v) is 7.91. The van der Waals surface area contributed by atoms with Crippen LogP contribution in [0.3, 0.4) is 0 Å². The summed E-state index contributed by atoms with van der Waals surface area (Å²) in [5.74, 6) is -0.834. The van der Waals surface area contributed by atoms with E-state index in [0.29, 0.717) is 11.3 Å². The number of aromatic hydroxyl groups is 1. The first-order chi connectivity index (χ1) is 12.6. The van der Waals surface area contributed by atoms with Gasteiger partial charge in [0.25, 0.3) is 0 Å². The zero-order valence-corrected chi connectivity index (χ0v) is 13.8. The van der Waals surface area contributed by atoms with Gasteiger partial charge in [-0.15, -0.1) is 0 Å². The Balaban J connectivity index is 1.76. The Morgan fingerprint density at radius 2 is 1.81 bits per heavy atom. The van der Waals surface area contributed by atoms with Crippen molar-refractivity contribution in [3.8, 4) is 22.6 Å². The first kappa shape index (κ1) is 17.4. The fraction of sp³-hybridized carbons (Fsp3) is 0.100. The highest BCUT2D eigenvalue weighted by molar-refractivity contribution is 5.95. The van der Waals surface area contributed by atoms with E-state index in [-0.39, 0.29) is 30.3 Å². The van der Waals surface area contributed by atoms with E-state index in [0.717, 1.165) is 11.1 Å². The predicted molar refractivity (Wildman–Crippen MR) is 95.0 cm³/mol. The first-order valence-electron chi connectivity index (χ1n) is 7.91. The minimum absolute atomic E-state index is 0.103. The number of pyridine rings is 1. The molecule has 1 aromatic heterocycles. The van der Waals surface area contributed by atoms with E-state index in [9.17, 15) is 15.0 Å². The molecule has 26 heavy (non-hydrogen) atoms. The topological polar surface area (TPSA) is 99.9 Å². The van der Waals surface area contributed by atoms with Gasteiger partial charge >= 0.3 is 5.97 Å². The second kappa shape index (κ2) is 7.67. The van der Waals surface area contributed by atoms with Crippen molar-refractivity contribution in [1.29, 1.82) is 0 Å². The number of benzene rings is 2. The predicted octanol–water partition coefficient (Wildman–Crippen LogP) is 3.22. The van der Waals surface area contributed by atoms with Gasteiger partial charge in [-0.05, 0) is 22.8 Å². The molecule has 3 rings (SSSR count). The number of aromatic carboxylic acids is 1. The fourth-order valence-corrected chi connectivity index (χ4v) is 2.54. The molecule has 0 spiro atoms. The lowest BCUT2D eigenvalue weighted by Crippen LogP contribution is -2.00. The van der Waals surface area contributed by atoms with Crippen molar-refractivity contribution >= 4 is 5.97 Å². The lowest BCUT2D eigenvalue weighted by Gasteiger charge is -2.10. The third kappa shape index (κ3) is 3.81. The van der Waals surface area contributed by atoms with Gasteiger partial charge in [-0.3, -0.25) is 4.98 Å². The molecule has 0 unspecified atom stereocenters. The molecule has 3 N–H and O–H groups in total. The summed E-state index contributed by atoms with van der Waals surface area (Å²) < 4.78 is 5.58. The van der Waals surface area contributed by atoms with Crippen molar-refractivity contribution in [3.63, 3.8) is 0 Å². The third-order valence-electron chi connectivity index (χ3n) is 3.88. The highest BCUT2D eigenvalue weighted by Crippen LogP contribution is 2.27. The molecule has 0 radical (unpaired) electrons. The number of aliphatic hydroxyl groups excluding tert-OH is 1. The maximum atomic E-state index is 11.3. The van der Waals surface area contributed by atoms with Crippen molar-refractivity contribution in [3.05, 3.63) is 77.6 Å². The molecule has 3 aromatic rings. The Hall–Kier alpha value is -3.38. The van der Waals surface area contributed by atoms with E-state index in [1.54, 1.807) is 24.3 Å². The van der Waals surface area contributed by atoms with Crippen LogP contribution in [0.4, 0.5) is 0 Å². The normalized spacial score (nSPS) is 10.5. The summed E-state index contributed by atoms with van der Waals surface area (Å²) in [6.07, 6.45) is 1.23. The molecule has 6 nitrogen and oxygen atoms in total. The minimum atomic E-state index is -0.971. The Kier molecular flexibility index (Phi) is 5.15. The van der Waals surface area contributed by atoms with Crippen LogP contribution in [0.15, 0.2) is 60.8 Å². The molecular weight excluding hydrogens is 334 g/mol. The molecule has 6 heteroatoms. The van der Waals surface area contributed by atoms with E-state index < -0.39 is 5.97 Å². The van der Waals surface area contributed by atoms with Gasteiger partial charge in [0, 0.05) is 6.07 Å². The maximum Gasteiger partial charge on any atom is 0.336 e. The van der Waals surface area contributed by atoms with Gasteiger partial charge in [-0.2, -0.15) is 0 Å². The zero-order valence-electron chi connectivity index (χ0n) is 13.8. The molecule has 2 aromatic carbocycles. The molecule has 0 aliphatic heterocycles. The molecule has 0 saturated carbocycles. The van der Waals surface area contributed by atoms with Crippen LogP contribution < -0.4 is 4.74 Å². The molecule has 132 valence electrons. The Morgan fingerprint density at radius 3 is 2.50 bits per heavy atom. The van der Waals surface area contributed by atoms with Crippen LogP contribution in [0.5, 0.6) is 11.5 Å². The zero-order chi connectivity index (χ0) is 18.5. The summed E-state index contributed by atoms with van der Waals surface area (Å²) in [7, 11) is 0. The molecule has 0 atom stereocenters. The van der Waals surface area contributed by atoms with Gasteiger partial charge < -0.3 is 20.1 Å². The van der Waals surface area contributed by atoms with Crippen molar-refractivity contribution in [2.24, 2.45) is 0 Å². The molecule has 0 aliphatic carbocycles. The van der Waals surface area contributed by atoms with Crippen LogP contribution >= 0.6 is 0 Å². The number of rotatable bonds is 6. The molecule has 0 amide bonds. The minimum Gasteiger partial charge on any atom is -0.503 e. The van der Waals surface area contributed by atoms with E-state index in [2.05, 4.69) is 4.98 Å². The van der Waals surface area contributed by atoms with Crippen LogP contribution in [0, 0.1) is 0 Å². The number of ether oxygens (including phenoxy) is 1. The number of hydrogen-bond acceptors (Lipinski definition) is 5. The van der Waals surface area contributed by atoms with E-state index in [4.69, 9.17) is 9.84 Å². The fourth-order valence-electron chi connectivity index (χ4n) is 2.54. The molecule has 0 bridgehead atoms. The van der Waals surface area contributed by atoms with Gasteiger partial charge in [-0.1, -0.05) is 42.5 Å². The van der Waals surface area contributed by atoms with Crippen molar-refractivity contribution in [1.82, 2.24) is 4.98 Å². The van der Waals surface area contributed by atoms with E-state index in [1.165, 1.54) is 12.3 Å². The second-order valence-corrected chi connectivity index (χ2v) is 5.64. The van der Waals surface area contributed by atoms with Gasteiger partial charge in [0.15, 0.2) is 11.5 Å². The lowest BCUT2D eigenvalue weighted by atomic mass is 9.99. The largest absolute Gasteiger partial charge is 0.503 e. The quantitative estimate of drug-likeness (QED) is 0.630. The standard InChI is InChI=1S/C20H17NO5/c22-11-15-9-19(18(23)10-21-15)26-12-13-5-7-14(8-6-13)16-3-1-2-4-17(16)20(24)25/h1-10,22-23H,11-12H2,(H,24,25). The highest BCUT2D eigenvalue weighted by atomic mass is 16.5. The van der Waals surface area contributed by atoms with Crippen LogP contribution in [0.1, 0.15) is 21.6 Å². The van der Waals surface area contributed by atoms with Crippen molar-refractivity contribution < 1.29 is 24.9 Å². The summed E-state index contributed by atoms with van der Waals surface area (Å²) in [6.45, 7) is -0.0301. The van der Waals surface area contributed by atoms with Gasteiger partial charge in [0.05, 0.1) is 24.1 Å². The number of aromatic nitrogens is 1. The smallest absolute Gasteiger partial charge is 0.336 e. The summed E-state index contributed by atoms with van der Waals surface area (Å²) >= 11 is 0. The van der Waals surface area contributed by atoms with E-state index in [1.807, 2.05) is 24.3 Å². The summed E-state index contributed by atoms with van der Waals surface area (Å²) in [5.41, 5.74) is 2.93. The van der Waals surface area contributed by atoms with Crippen LogP contribution in [0.25, 0.3) is 11.1 Å².